The van der Waals surface area contributed by atoms with Crippen molar-refractivity contribution in [2.45, 2.75) is 27.2 Å². The Labute approximate surface area is 118 Å². The molecule has 6 nitrogen and oxygen atoms in total. The molecule has 0 unspecified atom stereocenters. The van der Waals surface area contributed by atoms with Crippen LogP contribution in [0, 0.1) is 6.92 Å². The molecule has 2 aromatic heterocycles. The van der Waals surface area contributed by atoms with Crippen molar-refractivity contribution in [3.05, 3.63) is 17.5 Å². The Hall–Kier alpha value is -2.11. The Bertz CT molecular complexity index is 648. The normalized spacial score (nSPS) is 11.0. The Morgan fingerprint density at radius 2 is 2.15 bits per heavy atom. The van der Waals surface area contributed by atoms with Crippen LogP contribution in [0.2, 0.25) is 0 Å². The number of carboxylic acids is 1. The molecule has 0 bridgehead atoms. The molecular weight excluding hydrogens is 256 g/mol. The molecule has 2 rings (SSSR count). The average molecular weight is 276 g/mol. The third-order valence-electron chi connectivity index (χ3n) is 3.42. The molecular formula is C14H20N4O2. The maximum Gasteiger partial charge on any atom is 0.339 e. The summed E-state index contributed by atoms with van der Waals surface area (Å²) in [5, 5.41) is 14.6. The van der Waals surface area contributed by atoms with E-state index in [0.717, 1.165) is 41.9 Å². The molecule has 0 aliphatic rings. The monoisotopic (exact) mass is 276 g/mol. The number of hydrogen-bond donors (Lipinski definition) is 1. The second kappa shape index (κ2) is 5.48. The van der Waals surface area contributed by atoms with Crippen LogP contribution >= 0.6 is 0 Å². The lowest BCUT2D eigenvalue weighted by atomic mass is 10.1. The van der Waals surface area contributed by atoms with Gasteiger partial charge in [-0.25, -0.2) is 9.78 Å². The number of aromatic carboxylic acids is 1. The van der Waals surface area contributed by atoms with Crippen LogP contribution in [-0.2, 0) is 7.05 Å². The first kappa shape index (κ1) is 14.3. The fourth-order valence-electron chi connectivity index (χ4n) is 2.58. The van der Waals surface area contributed by atoms with Gasteiger partial charge < -0.3 is 10.0 Å². The highest BCUT2D eigenvalue weighted by Gasteiger charge is 2.22. The van der Waals surface area contributed by atoms with Crippen molar-refractivity contribution in [3.8, 4) is 0 Å². The maximum absolute atomic E-state index is 11.5. The molecule has 0 saturated heterocycles. The molecule has 6 heteroatoms. The zero-order chi connectivity index (χ0) is 14.9. The van der Waals surface area contributed by atoms with Gasteiger partial charge in [0.25, 0.3) is 0 Å². The number of aryl methyl sites for hydroxylation is 2. The van der Waals surface area contributed by atoms with Gasteiger partial charge in [-0.15, -0.1) is 0 Å². The summed E-state index contributed by atoms with van der Waals surface area (Å²) in [5.41, 5.74) is 2.50. The second-order valence-corrected chi connectivity index (χ2v) is 4.81. The Morgan fingerprint density at radius 1 is 1.45 bits per heavy atom. The molecule has 108 valence electrons. The fourth-order valence-corrected chi connectivity index (χ4v) is 2.58. The molecule has 0 aromatic carbocycles. The van der Waals surface area contributed by atoms with Crippen LogP contribution in [0.5, 0.6) is 0 Å². The molecule has 0 aliphatic heterocycles. The van der Waals surface area contributed by atoms with Crippen LogP contribution < -0.4 is 4.90 Å². The average Bonchev–Trinajstić information content (AvgIpc) is 2.70. The van der Waals surface area contributed by atoms with E-state index in [9.17, 15) is 9.90 Å². The summed E-state index contributed by atoms with van der Waals surface area (Å²) >= 11 is 0. The molecule has 20 heavy (non-hydrogen) atoms. The van der Waals surface area contributed by atoms with E-state index in [2.05, 4.69) is 21.9 Å². The molecule has 1 N–H and O–H groups in total. The topological polar surface area (TPSA) is 71.2 Å². The van der Waals surface area contributed by atoms with Gasteiger partial charge in [0.2, 0.25) is 0 Å². The van der Waals surface area contributed by atoms with Crippen LogP contribution in [0.3, 0.4) is 0 Å². The summed E-state index contributed by atoms with van der Waals surface area (Å²) in [6.07, 6.45) is 2.38. The molecule has 0 atom stereocenters. The van der Waals surface area contributed by atoms with Gasteiger partial charge in [-0.2, -0.15) is 5.10 Å². The van der Waals surface area contributed by atoms with Gasteiger partial charge in [0, 0.05) is 26.3 Å². The van der Waals surface area contributed by atoms with Crippen LogP contribution in [-0.4, -0.2) is 38.9 Å². The zero-order valence-electron chi connectivity index (χ0n) is 12.3. The number of rotatable bonds is 5. The van der Waals surface area contributed by atoms with E-state index in [1.807, 2.05) is 20.9 Å². The minimum atomic E-state index is -0.952. The van der Waals surface area contributed by atoms with E-state index < -0.39 is 5.97 Å². The highest BCUT2D eigenvalue weighted by molar-refractivity contribution is 6.04. The number of hydrogen-bond acceptors (Lipinski definition) is 4. The van der Waals surface area contributed by atoms with E-state index in [-0.39, 0.29) is 5.56 Å². The van der Waals surface area contributed by atoms with Gasteiger partial charge in [-0.05, 0) is 20.3 Å². The molecule has 0 radical (unpaired) electrons. The lowest BCUT2D eigenvalue weighted by Gasteiger charge is -2.25. The van der Waals surface area contributed by atoms with Gasteiger partial charge in [0.05, 0.1) is 16.8 Å². The predicted octanol–water partition coefficient (Wildman–Crippen LogP) is 2.21. The number of carbonyl (C=O) groups is 1. The van der Waals surface area contributed by atoms with Gasteiger partial charge in [0.1, 0.15) is 5.56 Å². The summed E-state index contributed by atoms with van der Waals surface area (Å²) in [6.45, 7) is 7.56. The first-order valence-corrected chi connectivity index (χ1v) is 6.81. The van der Waals surface area contributed by atoms with Crippen molar-refractivity contribution >= 4 is 22.7 Å². The SMILES string of the molecule is CCCN(CC)c1c(C(=O)O)cnc2c1c(C)nn2C. The van der Waals surface area contributed by atoms with E-state index in [1.54, 1.807) is 4.68 Å². The Balaban J connectivity index is 2.80. The molecule has 0 fully saturated rings. The second-order valence-electron chi connectivity index (χ2n) is 4.81. The number of nitrogens with zero attached hydrogens (tertiary/aromatic N) is 4. The lowest BCUT2D eigenvalue weighted by molar-refractivity contribution is 0.0697. The summed E-state index contributed by atoms with van der Waals surface area (Å²) < 4.78 is 1.69. The van der Waals surface area contributed by atoms with Crippen molar-refractivity contribution in [2.75, 3.05) is 18.0 Å². The van der Waals surface area contributed by atoms with E-state index >= 15 is 0 Å². The van der Waals surface area contributed by atoms with Crippen LogP contribution in [0.1, 0.15) is 36.3 Å². The van der Waals surface area contributed by atoms with Gasteiger partial charge in [0.15, 0.2) is 5.65 Å². The third-order valence-corrected chi connectivity index (χ3v) is 3.42. The van der Waals surface area contributed by atoms with Gasteiger partial charge in [-0.3, -0.25) is 4.68 Å². The molecule has 2 heterocycles. The molecule has 0 amide bonds. The van der Waals surface area contributed by atoms with Crippen LogP contribution in [0.15, 0.2) is 6.20 Å². The number of pyridine rings is 1. The summed E-state index contributed by atoms with van der Waals surface area (Å²) in [5.74, 6) is -0.952. The minimum absolute atomic E-state index is 0.240. The highest BCUT2D eigenvalue weighted by Crippen LogP contribution is 2.31. The largest absolute Gasteiger partial charge is 0.478 e. The molecule has 0 saturated carbocycles. The smallest absolute Gasteiger partial charge is 0.339 e. The van der Waals surface area contributed by atoms with Crippen molar-refractivity contribution in [3.63, 3.8) is 0 Å². The van der Waals surface area contributed by atoms with E-state index in [1.165, 1.54) is 6.20 Å². The maximum atomic E-state index is 11.5. The first-order chi connectivity index (χ1) is 9.51. The van der Waals surface area contributed by atoms with Crippen molar-refractivity contribution in [2.24, 2.45) is 7.05 Å². The highest BCUT2D eigenvalue weighted by atomic mass is 16.4. The number of fused-ring (bicyclic) bond motifs is 1. The van der Waals surface area contributed by atoms with Crippen LogP contribution in [0.25, 0.3) is 11.0 Å². The third kappa shape index (κ3) is 2.21. The standard InChI is InChI=1S/C14H20N4O2/c1-5-7-18(6-2)12-10(14(19)20)8-15-13-11(12)9(3)16-17(13)4/h8H,5-7H2,1-4H3,(H,19,20). The summed E-state index contributed by atoms with van der Waals surface area (Å²) in [6, 6.07) is 0. The van der Waals surface area contributed by atoms with E-state index in [0.29, 0.717) is 0 Å². The zero-order valence-corrected chi connectivity index (χ0v) is 12.3. The van der Waals surface area contributed by atoms with Gasteiger partial charge >= 0.3 is 5.97 Å². The van der Waals surface area contributed by atoms with E-state index in [4.69, 9.17) is 0 Å². The van der Waals surface area contributed by atoms with Crippen molar-refractivity contribution in [1.82, 2.24) is 14.8 Å². The predicted molar refractivity (Wildman–Crippen MR) is 78.4 cm³/mol. The molecule has 0 aliphatic carbocycles. The Morgan fingerprint density at radius 3 is 2.70 bits per heavy atom. The summed E-state index contributed by atoms with van der Waals surface area (Å²) in [4.78, 5) is 17.9. The lowest BCUT2D eigenvalue weighted by Crippen LogP contribution is -2.26. The van der Waals surface area contributed by atoms with Crippen molar-refractivity contribution in [1.29, 1.82) is 0 Å². The molecule has 0 spiro atoms. The number of anilines is 1. The quantitative estimate of drug-likeness (QED) is 0.906. The van der Waals surface area contributed by atoms with Gasteiger partial charge in [-0.1, -0.05) is 6.92 Å². The fraction of sp³-hybridized carbons (Fsp3) is 0.500. The van der Waals surface area contributed by atoms with Crippen LogP contribution in [0.4, 0.5) is 5.69 Å². The minimum Gasteiger partial charge on any atom is -0.478 e. The van der Waals surface area contributed by atoms with Crippen molar-refractivity contribution < 1.29 is 9.90 Å². The Kier molecular flexibility index (Phi) is 3.92. The summed E-state index contributed by atoms with van der Waals surface area (Å²) in [7, 11) is 1.82. The number of aromatic nitrogens is 3. The molecule has 2 aromatic rings. The first-order valence-electron chi connectivity index (χ1n) is 6.81. The number of carboxylic acid groups (broad SMARTS) is 1.